The van der Waals surface area contributed by atoms with Gasteiger partial charge in [0.2, 0.25) is 11.8 Å². The van der Waals surface area contributed by atoms with Crippen LogP contribution in [0.15, 0.2) is 24.3 Å². The lowest BCUT2D eigenvalue weighted by molar-refractivity contribution is -0.139. The Morgan fingerprint density at radius 3 is 2.88 bits per heavy atom. The molecule has 1 aromatic carbocycles. The van der Waals surface area contributed by atoms with Crippen molar-refractivity contribution >= 4 is 17.9 Å². The van der Waals surface area contributed by atoms with Crippen LogP contribution in [-0.2, 0) is 9.59 Å². The topological polar surface area (TPSA) is 67.9 Å². The lowest BCUT2D eigenvalue weighted by Crippen LogP contribution is -2.55. The number of methoxy groups -OCH3 is 1. The van der Waals surface area contributed by atoms with Gasteiger partial charge in [-0.15, -0.1) is 0 Å². The van der Waals surface area contributed by atoms with Gasteiger partial charge in [-0.2, -0.15) is 8.78 Å². The fourth-order valence-electron chi connectivity index (χ4n) is 2.38. The minimum absolute atomic E-state index is 0.135. The third-order valence-corrected chi connectivity index (χ3v) is 3.62. The number of hydrogen-bond acceptors (Lipinski definition) is 4. The van der Waals surface area contributed by atoms with Gasteiger partial charge in [-0.1, -0.05) is 12.1 Å². The first-order chi connectivity index (χ1) is 11.4. The molecule has 6 nitrogen and oxygen atoms in total. The van der Waals surface area contributed by atoms with E-state index in [1.807, 2.05) is 0 Å². The molecule has 2 rings (SSSR count). The molecule has 1 atom stereocenters. The predicted molar refractivity (Wildman–Crippen MR) is 82.8 cm³/mol. The largest absolute Gasteiger partial charge is 0.493 e. The summed E-state index contributed by atoms with van der Waals surface area (Å²) in [5.41, 5.74) is 0.275. The van der Waals surface area contributed by atoms with Crippen molar-refractivity contribution in [3.8, 4) is 11.5 Å². The summed E-state index contributed by atoms with van der Waals surface area (Å²) < 4.78 is 34.6. The Bertz CT molecular complexity index is 649. The molecule has 1 saturated heterocycles. The van der Waals surface area contributed by atoms with Gasteiger partial charge in [0, 0.05) is 24.7 Å². The Morgan fingerprint density at radius 1 is 1.46 bits per heavy atom. The molecular weight excluding hydrogens is 322 g/mol. The normalized spacial score (nSPS) is 18.0. The standard InChI is InChI=1S/C16H18F2N2O4/c1-10-15(22)19-8-9-20(10)13(21)7-6-11-4-3-5-12(23-2)14(11)24-16(17)18/h3-7,10,16H,8-9H2,1-2H3,(H,19,22)/b7-6+. The molecule has 8 heteroatoms. The zero-order valence-corrected chi connectivity index (χ0v) is 13.3. The first-order valence-corrected chi connectivity index (χ1v) is 7.32. The number of rotatable bonds is 5. The van der Waals surface area contributed by atoms with E-state index in [-0.39, 0.29) is 28.9 Å². The molecule has 1 heterocycles. The lowest BCUT2D eigenvalue weighted by atomic mass is 10.1. The van der Waals surface area contributed by atoms with Gasteiger partial charge < -0.3 is 19.7 Å². The van der Waals surface area contributed by atoms with Crippen molar-refractivity contribution in [1.82, 2.24) is 10.2 Å². The number of carbonyl (C=O) groups excluding carboxylic acids is 2. The summed E-state index contributed by atoms with van der Waals surface area (Å²) in [5.74, 6) is -0.631. The van der Waals surface area contributed by atoms with Crippen LogP contribution in [0.4, 0.5) is 8.78 Å². The molecule has 0 aromatic heterocycles. The van der Waals surface area contributed by atoms with Crippen molar-refractivity contribution in [1.29, 1.82) is 0 Å². The maximum absolute atomic E-state index is 12.6. The van der Waals surface area contributed by atoms with E-state index in [1.165, 1.54) is 36.3 Å². The monoisotopic (exact) mass is 340 g/mol. The maximum Gasteiger partial charge on any atom is 0.387 e. The fourth-order valence-corrected chi connectivity index (χ4v) is 2.38. The quantitative estimate of drug-likeness (QED) is 0.828. The molecule has 0 saturated carbocycles. The van der Waals surface area contributed by atoms with E-state index < -0.39 is 12.7 Å². The van der Waals surface area contributed by atoms with Gasteiger partial charge in [0.05, 0.1) is 7.11 Å². The van der Waals surface area contributed by atoms with Crippen molar-refractivity contribution in [2.45, 2.75) is 19.6 Å². The number of halogens is 2. The third kappa shape index (κ3) is 4.01. The van der Waals surface area contributed by atoms with Crippen LogP contribution < -0.4 is 14.8 Å². The van der Waals surface area contributed by atoms with Gasteiger partial charge in [0.1, 0.15) is 6.04 Å². The summed E-state index contributed by atoms with van der Waals surface area (Å²) in [6, 6.07) is 4.01. The molecule has 1 aliphatic rings. The molecular formula is C16H18F2N2O4. The average molecular weight is 340 g/mol. The van der Waals surface area contributed by atoms with Gasteiger partial charge in [-0.25, -0.2) is 0 Å². The smallest absolute Gasteiger partial charge is 0.387 e. The molecule has 1 fully saturated rings. The Kier molecular flexibility index (Phi) is 5.73. The zero-order chi connectivity index (χ0) is 17.7. The summed E-state index contributed by atoms with van der Waals surface area (Å²) in [7, 11) is 1.33. The molecule has 1 aromatic rings. The Labute approximate surface area is 138 Å². The molecule has 0 radical (unpaired) electrons. The second-order valence-corrected chi connectivity index (χ2v) is 5.09. The van der Waals surface area contributed by atoms with Crippen LogP contribution in [0.1, 0.15) is 12.5 Å². The summed E-state index contributed by atoms with van der Waals surface area (Å²) in [6.07, 6.45) is 2.59. The zero-order valence-electron chi connectivity index (χ0n) is 13.3. The Balaban J connectivity index is 2.21. The van der Waals surface area contributed by atoms with Crippen molar-refractivity contribution in [2.75, 3.05) is 20.2 Å². The fraction of sp³-hybridized carbons (Fsp3) is 0.375. The van der Waals surface area contributed by atoms with E-state index in [0.717, 1.165) is 0 Å². The number of piperazine rings is 1. The SMILES string of the molecule is COc1cccc(/C=C/C(=O)N2CCNC(=O)C2C)c1OC(F)F. The predicted octanol–water partition coefficient (Wildman–Crippen LogP) is 1.66. The number of hydrogen-bond donors (Lipinski definition) is 1. The minimum atomic E-state index is -3.02. The van der Waals surface area contributed by atoms with Gasteiger partial charge in [0.25, 0.3) is 0 Å². The number of benzene rings is 1. The second kappa shape index (κ2) is 7.76. The van der Waals surface area contributed by atoms with E-state index in [2.05, 4.69) is 10.1 Å². The van der Waals surface area contributed by atoms with Crippen molar-refractivity contribution < 1.29 is 27.8 Å². The highest BCUT2D eigenvalue weighted by Crippen LogP contribution is 2.33. The summed E-state index contributed by atoms with van der Waals surface area (Å²) >= 11 is 0. The first kappa shape index (κ1) is 17.7. The van der Waals surface area contributed by atoms with E-state index in [0.29, 0.717) is 13.1 Å². The van der Waals surface area contributed by atoms with Gasteiger partial charge in [-0.05, 0) is 19.1 Å². The molecule has 0 bridgehead atoms. The first-order valence-electron chi connectivity index (χ1n) is 7.32. The van der Waals surface area contributed by atoms with Crippen LogP contribution in [-0.4, -0.2) is 49.6 Å². The Hall–Kier alpha value is -2.64. The summed E-state index contributed by atoms with van der Waals surface area (Å²) in [6.45, 7) is -0.636. The average Bonchev–Trinajstić information content (AvgIpc) is 2.55. The van der Waals surface area contributed by atoms with Crippen LogP contribution >= 0.6 is 0 Å². The number of nitrogens with one attached hydrogen (secondary N) is 1. The Morgan fingerprint density at radius 2 is 2.21 bits per heavy atom. The van der Waals surface area contributed by atoms with Crippen LogP contribution in [0.2, 0.25) is 0 Å². The highest BCUT2D eigenvalue weighted by molar-refractivity contribution is 5.96. The number of nitrogens with zero attached hydrogens (tertiary/aromatic N) is 1. The highest BCUT2D eigenvalue weighted by Gasteiger charge is 2.27. The highest BCUT2D eigenvalue weighted by atomic mass is 19.3. The van der Waals surface area contributed by atoms with Gasteiger partial charge >= 0.3 is 6.61 Å². The number of alkyl halides is 2. The van der Waals surface area contributed by atoms with E-state index >= 15 is 0 Å². The maximum atomic E-state index is 12.6. The molecule has 1 N–H and O–H groups in total. The number of para-hydroxylation sites is 1. The van der Waals surface area contributed by atoms with Gasteiger partial charge in [0.15, 0.2) is 11.5 Å². The van der Waals surface area contributed by atoms with Crippen LogP contribution in [0.5, 0.6) is 11.5 Å². The number of carbonyl (C=O) groups is 2. The molecule has 1 unspecified atom stereocenters. The van der Waals surface area contributed by atoms with Gasteiger partial charge in [-0.3, -0.25) is 9.59 Å². The molecule has 24 heavy (non-hydrogen) atoms. The number of amides is 2. The van der Waals surface area contributed by atoms with E-state index in [9.17, 15) is 18.4 Å². The van der Waals surface area contributed by atoms with Crippen LogP contribution in [0.25, 0.3) is 6.08 Å². The summed E-state index contributed by atoms with van der Waals surface area (Å²) in [4.78, 5) is 25.3. The lowest BCUT2D eigenvalue weighted by Gasteiger charge is -2.31. The molecule has 2 amide bonds. The molecule has 0 spiro atoms. The van der Waals surface area contributed by atoms with E-state index in [4.69, 9.17) is 4.74 Å². The van der Waals surface area contributed by atoms with Crippen molar-refractivity contribution in [3.63, 3.8) is 0 Å². The molecule has 1 aliphatic heterocycles. The number of ether oxygens (including phenoxy) is 2. The third-order valence-electron chi connectivity index (χ3n) is 3.62. The second-order valence-electron chi connectivity index (χ2n) is 5.09. The minimum Gasteiger partial charge on any atom is -0.493 e. The van der Waals surface area contributed by atoms with E-state index in [1.54, 1.807) is 13.0 Å². The molecule has 0 aliphatic carbocycles. The van der Waals surface area contributed by atoms with Crippen LogP contribution in [0.3, 0.4) is 0 Å². The summed E-state index contributed by atoms with van der Waals surface area (Å²) in [5, 5.41) is 2.66. The van der Waals surface area contributed by atoms with Crippen molar-refractivity contribution in [3.05, 3.63) is 29.8 Å². The molecule has 130 valence electrons. The van der Waals surface area contributed by atoms with Crippen molar-refractivity contribution in [2.24, 2.45) is 0 Å². The van der Waals surface area contributed by atoms with Crippen LogP contribution in [0, 0.1) is 0 Å².